The van der Waals surface area contributed by atoms with Crippen LogP contribution in [0.2, 0.25) is 0 Å². The minimum atomic E-state index is -4.42. The SMILES string of the molecule is CC(NC1CNC(=O)C1)C(=O)NCC(F)(F)F. The fourth-order valence-corrected chi connectivity index (χ4v) is 1.49. The molecule has 1 rings (SSSR count). The van der Waals surface area contributed by atoms with Crippen molar-refractivity contribution in [3.8, 4) is 0 Å². The van der Waals surface area contributed by atoms with Crippen molar-refractivity contribution in [2.24, 2.45) is 0 Å². The van der Waals surface area contributed by atoms with Gasteiger partial charge in [-0.05, 0) is 6.92 Å². The first kappa shape index (κ1) is 13.8. The number of alkyl halides is 3. The molecule has 98 valence electrons. The third kappa shape index (κ3) is 5.03. The third-order valence-electron chi connectivity index (χ3n) is 2.32. The van der Waals surface area contributed by atoms with Gasteiger partial charge in [-0.1, -0.05) is 0 Å². The number of hydrogen-bond donors (Lipinski definition) is 3. The van der Waals surface area contributed by atoms with Gasteiger partial charge >= 0.3 is 6.18 Å². The van der Waals surface area contributed by atoms with E-state index in [0.717, 1.165) is 0 Å². The predicted octanol–water partition coefficient (Wildman–Crippen LogP) is -0.468. The van der Waals surface area contributed by atoms with Crippen molar-refractivity contribution in [2.75, 3.05) is 13.1 Å². The first-order valence-electron chi connectivity index (χ1n) is 5.15. The zero-order valence-electron chi connectivity index (χ0n) is 9.23. The van der Waals surface area contributed by atoms with Gasteiger partial charge in [0.05, 0.1) is 6.04 Å². The molecule has 1 fully saturated rings. The van der Waals surface area contributed by atoms with E-state index in [1.807, 2.05) is 0 Å². The van der Waals surface area contributed by atoms with E-state index in [0.29, 0.717) is 6.54 Å². The Hall–Kier alpha value is -1.31. The molecule has 0 aromatic rings. The van der Waals surface area contributed by atoms with E-state index in [2.05, 4.69) is 10.6 Å². The molecule has 0 spiro atoms. The fourth-order valence-electron chi connectivity index (χ4n) is 1.49. The molecular weight excluding hydrogens is 239 g/mol. The second kappa shape index (κ2) is 5.35. The van der Waals surface area contributed by atoms with Gasteiger partial charge in [-0.15, -0.1) is 0 Å². The van der Waals surface area contributed by atoms with Crippen LogP contribution in [0.1, 0.15) is 13.3 Å². The number of rotatable bonds is 4. The quantitative estimate of drug-likeness (QED) is 0.634. The van der Waals surface area contributed by atoms with Crippen molar-refractivity contribution in [1.82, 2.24) is 16.0 Å². The van der Waals surface area contributed by atoms with Gasteiger partial charge in [-0.3, -0.25) is 9.59 Å². The van der Waals surface area contributed by atoms with Crippen molar-refractivity contribution in [1.29, 1.82) is 0 Å². The Labute approximate surface area is 96.1 Å². The lowest BCUT2D eigenvalue weighted by molar-refractivity contribution is -0.139. The van der Waals surface area contributed by atoms with E-state index < -0.39 is 24.7 Å². The Balaban J connectivity index is 2.29. The molecule has 8 heteroatoms. The standard InChI is InChI=1S/C9H14F3N3O2/c1-5(8(17)14-4-9(10,11)12)15-6-2-7(16)13-3-6/h5-6,15H,2-4H2,1H3,(H,13,16)(H,14,17). The minimum absolute atomic E-state index is 0.134. The fraction of sp³-hybridized carbons (Fsp3) is 0.778. The van der Waals surface area contributed by atoms with Crippen LogP contribution in [-0.2, 0) is 9.59 Å². The molecule has 5 nitrogen and oxygen atoms in total. The van der Waals surface area contributed by atoms with Crippen LogP contribution in [0.5, 0.6) is 0 Å². The van der Waals surface area contributed by atoms with Crippen molar-refractivity contribution in [2.45, 2.75) is 31.6 Å². The molecule has 1 aliphatic heterocycles. The molecule has 2 unspecified atom stereocenters. The molecule has 0 radical (unpaired) electrons. The normalized spacial score (nSPS) is 22.1. The Kier molecular flexibility index (Phi) is 4.33. The largest absolute Gasteiger partial charge is 0.405 e. The molecule has 3 N–H and O–H groups in total. The highest BCUT2D eigenvalue weighted by Gasteiger charge is 2.30. The van der Waals surface area contributed by atoms with E-state index in [1.54, 1.807) is 5.32 Å². The van der Waals surface area contributed by atoms with Crippen LogP contribution in [0.4, 0.5) is 13.2 Å². The number of halogens is 3. The summed E-state index contributed by atoms with van der Waals surface area (Å²) in [7, 11) is 0. The molecule has 2 atom stereocenters. The number of carbonyl (C=O) groups is 2. The minimum Gasteiger partial charge on any atom is -0.354 e. The first-order valence-corrected chi connectivity index (χ1v) is 5.15. The number of amides is 2. The highest BCUT2D eigenvalue weighted by Crippen LogP contribution is 2.12. The summed E-state index contributed by atoms with van der Waals surface area (Å²) in [6.07, 6.45) is -4.18. The Bertz CT molecular complexity index is 306. The zero-order chi connectivity index (χ0) is 13.1. The Morgan fingerprint density at radius 1 is 1.59 bits per heavy atom. The lowest BCUT2D eigenvalue weighted by Gasteiger charge is -2.18. The maximum Gasteiger partial charge on any atom is 0.405 e. The molecule has 0 saturated carbocycles. The van der Waals surface area contributed by atoms with Gasteiger partial charge in [0.2, 0.25) is 11.8 Å². The first-order chi connectivity index (χ1) is 7.78. The Morgan fingerprint density at radius 3 is 2.71 bits per heavy atom. The molecule has 0 aromatic heterocycles. The monoisotopic (exact) mass is 253 g/mol. The van der Waals surface area contributed by atoms with Crippen LogP contribution >= 0.6 is 0 Å². The highest BCUT2D eigenvalue weighted by molar-refractivity contribution is 5.82. The topological polar surface area (TPSA) is 70.2 Å². The summed E-state index contributed by atoms with van der Waals surface area (Å²) >= 11 is 0. The van der Waals surface area contributed by atoms with Crippen molar-refractivity contribution in [3.05, 3.63) is 0 Å². The van der Waals surface area contributed by atoms with Gasteiger partial charge in [-0.2, -0.15) is 13.2 Å². The summed E-state index contributed by atoms with van der Waals surface area (Å²) < 4.78 is 35.5. The highest BCUT2D eigenvalue weighted by atomic mass is 19.4. The van der Waals surface area contributed by atoms with Crippen LogP contribution in [-0.4, -0.2) is 43.2 Å². The zero-order valence-corrected chi connectivity index (χ0v) is 9.23. The van der Waals surface area contributed by atoms with E-state index in [4.69, 9.17) is 0 Å². The molecule has 1 heterocycles. The van der Waals surface area contributed by atoms with Gasteiger partial charge in [0.15, 0.2) is 0 Å². The van der Waals surface area contributed by atoms with Crippen LogP contribution in [0, 0.1) is 0 Å². The summed E-state index contributed by atoms with van der Waals surface area (Å²) in [6.45, 7) is 0.490. The number of hydrogen-bond acceptors (Lipinski definition) is 3. The van der Waals surface area contributed by atoms with Gasteiger partial charge in [0.25, 0.3) is 0 Å². The molecule has 0 bridgehead atoms. The summed E-state index contributed by atoms with van der Waals surface area (Å²) in [5.74, 6) is -0.868. The number of carbonyl (C=O) groups excluding carboxylic acids is 2. The van der Waals surface area contributed by atoms with Crippen molar-refractivity contribution in [3.63, 3.8) is 0 Å². The molecule has 0 aromatic carbocycles. The second-order valence-corrected chi connectivity index (χ2v) is 3.93. The average molecular weight is 253 g/mol. The Morgan fingerprint density at radius 2 is 2.24 bits per heavy atom. The smallest absolute Gasteiger partial charge is 0.354 e. The lowest BCUT2D eigenvalue weighted by atomic mass is 10.2. The van der Waals surface area contributed by atoms with Crippen molar-refractivity contribution >= 4 is 11.8 Å². The summed E-state index contributed by atoms with van der Waals surface area (Å²) in [4.78, 5) is 22.1. The van der Waals surface area contributed by atoms with Gasteiger partial charge in [-0.25, -0.2) is 0 Å². The molecule has 0 aliphatic carbocycles. The van der Waals surface area contributed by atoms with E-state index in [9.17, 15) is 22.8 Å². The third-order valence-corrected chi connectivity index (χ3v) is 2.32. The molecule has 1 saturated heterocycles. The van der Waals surface area contributed by atoms with Crippen molar-refractivity contribution < 1.29 is 22.8 Å². The number of nitrogens with one attached hydrogen (secondary N) is 3. The lowest BCUT2D eigenvalue weighted by Crippen LogP contribution is -2.49. The average Bonchev–Trinajstić information content (AvgIpc) is 2.59. The maximum atomic E-state index is 11.8. The summed E-state index contributed by atoms with van der Waals surface area (Å²) in [6, 6.07) is -0.982. The second-order valence-electron chi connectivity index (χ2n) is 3.93. The molecular formula is C9H14F3N3O2. The van der Waals surface area contributed by atoms with E-state index >= 15 is 0 Å². The van der Waals surface area contributed by atoms with Crippen LogP contribution < -0.4 is 16.0 Å². The van der Waals surface area contributed by atoms with E-state index in [-0.39, 0.29) is 18.4 Å². The summed E-state index contributed by atoms with van der Waals surface area (Å²) in [5.41, 5.74) is 0. The molecule has 2 amide bonds. The van der Waals surface area contributed by atoms with Crippen LogP contribution in [0.15, 0.2) is 0 Å². The van der Waals surface area contributed by atoms with Gasteiger partial charge in [0, 0.05) is 19.0 Å². The van der Waals surface area contributed by atoms with Gasteiger partial charge in [0.1, 0.15) is 6.54 Å². The maximum absolute atomic E-state index is 11.8. The van der Waals surface area contributed by atoms with Crippen LogP contribution in [0.25, 0.3) is 0 Å². The van der Waals surface area contributed by atoms with E-state index in [1.165, 1.54) is 6.92 Å². The summed E-state index contributed by atoms with van der Waals surface area (Å²) in [5, 5.41) is 7.12. The molecule has 17 heavy (non-hydrogen) atoms. The van der Waals surface area contributed by atoms with Crippen LogP contribution in [0.3, 0.4) is 0 Å². The van der Waals surface area contributed by atoms with Gasteiger partial charge < -0.3 is 16.0 Å². The molecule has 1 aliphatic rings. The predicted molar refractivity (Wildman–Crippen MR) is 53.1 cm³/mol.